The molecule has 25 heavy (non-hydrogen) atoms. The summed E-state index contributed by atoms with van der Waals surface area (Å²) in [5.74, 6) is 0.551. The van der Waals surface area contributed by atoms with E-state index in [1.807, 2.05) is 0 Å². The van der Waals surface area contributed by atoms with Crippen LogP contribution in [-0.2, 0) is 4.79 Å². The van der Waals surface area contributed by atoms with Gasteiger partial charge in [0, 0.05) is 23.7 Å². The van der Waals surface area contributed by atoms with Crippen molar-refractivity contribution in [1.82, 2.24) is 10.3 Å². The summed E-state index contributed by atoms with van der Waals surface area (Å²) in [6.07, 6.45) is 2.20. The lowest BCUT2D eigenvalue weighted by molar-refractivity contribution is -0.119. The van der Waals surface area contributed by atoms with Crippen LogP contribution in [-0.4, -0.2) is 35.2 Å². The van der Waals surface area contributed by atoms with Gasteiger partial charge in [-0.05, 0) is 25.5 Å². The number of nitrogens with one attached hydrogen (secondary N) is 2. The predicted octanol–water partition coefficient (Wildman–Crippen LogP) is 2.97. The van der Waals surface area contributed by atoms with Gasteiger partial charge in [0.15, 0.2) is 12.2 Å². The smallest absolute Gasteiger partial charge is 0.404 e. The van der Waals surface area contributed by atoms with Crippen molar-refractivity contribution in [2.75, 3.05) is 12.4 Å². The number of carbonyl (C=O) groups is 2. The molecule has 0 fully saturated rings. The summed E-state index contributed by atoms with van der Waals surface area (Å²) in [7, 11) is 1.53. The van der Waals surface area contributed by atoms with E-state index in [9.17, 15) is 9.59 Å². The number of methoxy groups -OCH3 is 1. The first-order valence-corrected chi connectivity index (χ1v) is 7.78. The lowest BCUT2D eigenvalue weighted by atomic mass is 10.0. The molecule has 2 unspecified atom stereocenters. The first-order chi connectivity index (χ1) is 11.9. The number of carbonyl (C=O) groups excluding carboxylic acids is 1. The summed E-state index contributed by atoms with van der Waals surface area (Å²) >= 11 is 0. The summed E-state index contributed by atoms with van der Waals surface area (Å²) in [6, 6.07) is 4.89. The number of nitrogens with zero attached hydrogens (tertiary/aromatic N) is 1. The van der Waals surface area contributed by atoms with E-state index in [1.54, 1.807) is 38.2 Å². The van der Waals surface area contributed by atoms with Gasteiger partial charge in [-0.1, -0.05) is 6.92 Å². The van der Waals surface area contributed by atoms with Crippen molar-refractivity contribution in [2.24, 2.45) is 5.92 Å². The molecule has 3 N–H and O–H groups in total. The maximum absolute atomic E-state index is 12.3. The molecule has 0 spiro atoms. The highest BCUT2D eigenvalue weighted by Crippen LogP contribution is 2.32. The van der Waals surface area contributed by atoms with Gasteiger partial charge in [0.05, 0.1) is 18.9 Å². The summed E-state index contributed by atoms with van der Waals surface area (Å²) in [4.78, 5) is 26.8. The summed E-state index contributed by atoms with van der Waals surface area (Å²) in [6.45, 7) is 3.46. The molecule has 1 aromatic carbocycles. The lowest BCUT2D eigenvalue weighted by Crippen LogP contribution is -2.34. The first-order valence-electron chi connectivity index (χ1n) is 7.78. The molecule has 2 atom stereocenters. The number of amides is 2. The second-order valence-electron chi connectivity index (χ2n) is 5.76. The number of ether oxygens (including phenoxy) is 1. The van der Waals surface area contributed by atoms with Crippen molar-refractivity contribution >= 4 is 17.7 Å². The Morgan fingerprint density at radius 2 is 2.12 bits per heavy atom. The SMILES string of the molecule is COc1cc(NC(=O)C(C)CC(C)NC(=O)O)ccc1-c1cnco1. The molecule has 1 heterocycles. The van der Waals surface area contributed by atoms with Crippen LogP contribution in [0.4, 0.5) is 10.5 Å². The van der Waals surface area contributed by atoms with Crippen LogP contribution < -0.4 is 15.4 Å². The van der Waals surface area contributed by atoms with Gasteiger partial charge in [-0.3, -0.25) is 4.79 Å². The van der Waals surface area contributed by atoms with Gasteiger partial charge >= 0.3 is 6.09 Å². The van der Waals surface area contributed by atoms with Crippen LogP contribution in [0.15, 0.2) is 35.2 Å². The standard InChI is InChI=1S/C17H21N3O5/c1-10(6-11(2)19-17(22)23)16(21)20-12-4-5-13(14(7-12)24-3)15-8-18-9-25-15/h4-5,7-11,19H,6H2,1-3H3,(H,20,21)(H,22,23). The normalized spacial score (nSPS) is 12.9. The average molecular weight is 347 g/mol. The molecule has 0 bridgehead atoms. The Morgan fingerprint density at radius 3 is 2.72 bits per heavy atom. The van der Waals surface area contributed by atoms with Crippen molar-refractivity contribution in [3.8, 4) is 17.1 Å². The van der Waals surface area contributed by atoms with Gasteiger partial charge in [0.25, 0.3) is 0 Å². The number of oxazole rings is 1. The third-order valence-corrected chi connectivity index (χ3v) is 3.69. The molecular formula is C17H21N3O5. The molecule has 0 radical (unpaired) electrons. The fourth-order valence-corrected chi connectivity index (χ4v) is 2.49. The highest BCUT2D eigenvalue weighted by Gasteiger charge is 2.18. The molecular weight excluding hydrogens is 326 g/mol. The van der Waals surface area contributed by atoms with E-state index >= 15 is 0 Å². The van der Waals surface area contributed by atoms with Gasteiger partial charge in [0.1, 0.15) is 5.75 Å². The van der Waals surface area contributed by atoms with Gasteiger partial charge < -0.3 is 24.9 Å². The minimum atomic E-state index is -1.10. The molecule has 134 valence electrons. The van der Waals surface area contributed by atoms with E-state index in [0.29, 0.717) is 23.6 Å². The third kappa shape index (κ3) is 4.97. The number of hydrogen-bond donors (Lipinski definition) is 3. The van der Waals surface area contributed by atoms with Crippen molar-refractivity contribution in [2.45, 2.75) is 26.3 Å². The zero-order chi connectivity index (χ0) is 18.4. The number of rotatable bonds is 7. The highest BCUT2D eigenvalue weighted by molar-refractivity contribution is 5.93. The Bertz CT molecular complexity index is 730. The van der Waals surface area contributed by atoms with Crippen molar-refractivity contribution < 1.29 is 23.8 Å². The van der Waals surface area contributed by atoms with Gasteiger partial charge in [0.2, 0.25) is 5.91 Å². The van der Waals surface area contributed by atoms with Crippen LogP contribution in [0.3, 0.4) is 0 Å². The fourth-order valence-electron chi connectivity index (χ4n) is 2.49. The van der Waals surface area contributed by atoms with Crippen LogP contribution in [0.1, 0.15) is 20.3 Å². The Morgan fingerprint density at radius 1 is 1.36 bits per heavy atom. The number of aromatic nitrogens is 1. The largest absolute Gasteiger partial charge is 0.496 e. The Labute approximate surface area is 145 Å². The number of benzene rings is 1. The molecule has 0 saturated heterocycles. The average Bonchev–Trinajstić information content (AvgIpc) is 3.07. The van der Waals surface area contributed by atoms with E-state index < -0.39 is 6.09 Å². The summed E-state index contributed by atoms with van der Waals surface area (Å²) < 4.78 is 10.6. The van der Waals surface area contributed by atoms with Crippen LogP contribution in [0.5, 0.6) is 5.75 Å². The zero-order valence-electron chi connectivity index (χ0n) is 14.3. The van der Waals surface area contributed by atoms with Gasteiger partial charge in [-0.15, -0.1) is 0 Å². The Hall–Kier alpha value is -3.03. The zero-order valence-corrected chi connectivity index (χ0v) is 14.3. The minimum absolute atomic E-state index is 0.200. The fraction of sp³-hybridized carbons (Fsp3) is 0.353. The third-order valence-electron chi connectivity index (χ3n) is 3.69. The molecule has 2 rings (SSSR count). The number of carboxylic acid groups (broad SMARTS) is 1. The van der Waals surface area contributed by atoms with Crippen LogP contribution in [0.25, 0.3) is 11.3 Å². The van der Waals surface area contributed by atoms with Crippen LogP contribution in [0, 0.1) is 5.92 Å². The van der Waals surface area contributed by atoms with Gasteiger partial charge in [-0.2, -0.15) is 0 Å². The first kappa shape index (κ1) is 18.3. The molecule has 0 aliphatic carbocycles. The Kier molecular flexibility index (Phi) is 5.99. The van der Waals surface area contributed by atoms with E-state index in [-0.39, 0.29) is 17.9 Å². The molecule has 8 nitrogen and oxygen atoms in total. The molecule has 8 heteroatoms. The van der Waals surface area contributed by atoms with E-state index in [2.05, 4.69) is 15.6 Å². The van der Waals surface area contributed by atoms with E-state index in [0.717, 1.165) is 5.56 Å². The van der Waals surface area contributed by atoms with Crippen LogP contribution in [0.2, 0.25) is 0 Å². The maximum Gasteiger partial charge on any atom is 0.404 e. The monoisotopic (exact) mass is 347 g/mol. The van der Waals surface area contributed by atoms with Crippen LogP contribution >= 0.6 is 0 Å². The minimum Gasteiger partial charge on any atom is -0.496 e. The van der Waals surface area contributed by atoms with E-state index in [1.165, 1.54) is 13.5 Å². The summed E-state index contributed by atoms with van der Waals surface area (Å²) in [5, 5.41) is 13.8. The highest BCUT2D eigenvalue weighted by atomic mass is 16.5. The van der Waals surface area contributed by atoms with E-state index in [4.69, 9.17) is 14.3 Å². The quantitative estimate of drug-likeness (QED) is 0.709. The molecule has 0 saturated carbocycles. The molecule has 2 aromatic rings. The topological polar surface area (TPSA) is 114 Å². The molecule has 0 aliphatic heterocycles. The predicted molar refractivity (Wildman–Crippen MR) is 91.5 cm³/mol. The maximum atomic E-state index is 12.3. The molecule has 0 aliphatic rings. The molecule has 1 aromatic heterocycles. The van der Waals surface area contributed by atoms with Crippen molar-refractivity contribution in [3.05, 3.63) is 30.8 Å². The number of anilines is 1. The second-order valence-corrected chi connectivity index (χ2v) is 5.76. The summed E-state index contributed by atoms with van der Waals surface area (Å²) in [5.41, 5.74) is 1.31. The number of hydrogen-bond acceptors (Lipinski definition) is 5. The molecule has 2 amide bonds. The second kappa shape index (κ2) is 8.18. The van der Waals surface area contributed by atoms with Gasteiger partial charge in [-0.25, -0.2) is 9.78 Å². The van der Waals surface area contributed by atoms with Crippen molar-refractivity contribution in [1.29, 1.82) is 0 Å². The lowest BCUT2D eigenvalue weighted by Gasteiger charge is -2.17. The van der Waals surface area contributed by atoms with Crippen molar-refractivity contribution in [3.63, 3.8) is 0 Å². The Balaban J connectivity index is 2.04.